The Morgan fingerprint density at radius 3 is 2.73 bits per heavy atom. The molecule has 0 spiro atoms. The molecule has 1 aromatic carbocycles. The maximum Gasteiger partial charge on any atom is 0.238 e. The first-order valence-corrected chi connectivity index (χ1v) is 8.68. The van der Waals surface area contributed by atoms with Crippen LogP contribution in [0.4, 0.5) is 5.69 Å². The molecule has 0 saturated carbocycles. The molecule has 22 heavy (non-hydrogen) atoms. The second-order valence-electron chi connectivity index (χ2n) is 6.13. The Kier molecular flexibility index (Phi) is 6.29. The maximum absolute atomic E-state index is 12.3. The number of nitriles is 1. The van der Waals surface area contributed by atoms with Gasteiger partial charge in [0.15, 0.2) is 0 Å². The van der Waals surface area contributed by atoms with E-state index in [4.69, 9.17) is 5.26 Å². The monoisotopic (exact) mass is 317 g/mol. The van der Waals surface area contributed by atoms with E-state index in [0.717, 1.165) is 23.7 Å². The molecule has 2 atom stereocenters. The highest BCUT2D eigenvalue weighted by Gasteiger charge is 2.23. The minimum Gasteiger partial charge on any atom is -0.324 e. The molecule has 4 nitrogen and oxygen atoms in total. The van der Waals surface area contributed by atoms with Gasteiger partial charge in [0.25, 0.3) is 0 Å². The fraction of sp³-hybridized carbons (Fsp3) is 0.529. The van der Waals surface area contributed by atoms with Crippen molar-refractivity contribution in [2.45, 2.75) is 25.2 Å². The van der Waals surface area contributed by atoms with Crippen LogP contribution in [0.25, 0.3) is 0 Å². The lowest BCUT2D eigenvalue weighted by Gasteiger charge is -2.34. The van der Waals surface area contributed by atoms with Gasteiger partial charge in [0.05, 0.1) is 24.1 Å². The van der Waals surface area contributed by atoms with Crippen molar-refractivity contribution in [3.63, 3.8) is 0 Å². The molecule has 0 aliphatic carbocycles. The van der Waals surface area contributed by atoms with Crippen molar-refractivity contribution in [1.82, 2.24) is 4.90 Å². The normalized spacial score (nSPS) is 22.0. The Morgan fingerprint density at radius 1 is 1.36 bits per heavy atom. The van der Waals surface area contributed by atoms with Gasteiger partial charge >= 0.3 is 0 Å². The van der Waals surface area contributed by atoms with Crippen molar-refractivity contribution in [1.29, 1.82) is 5.26 Å². The molecule has 0 bridgehead atoms. The van der Waals surface area contributed by atoms with Gasteiger partial charge in [0, 0.05) is 18.0 Å². The molecule has 1 amide bonds. The number of thioether (sulfide) groups is 1. The summed E-state index contributed by atoms with van der Waals surface area (Å²) >= 11 is 1.45. The number of benzene rings is 1. The largest absolute Gasteiger partial charge is 0.324 e. The third kappa shape index (κ3) is 5.04. The second-order valence-corrected chi connectivity index (χ2v) is 7.15. The van der Waals surface area contributed by atoms with E-state index in [9.17, 15) is 4.79 Å². The molecule has 1 N–H and O–H groups in total. The van der Waals surface area contributed by atoms with Crippen molar-refractivity contribution >= 4 is 23.4 Å². The van der Waals surface area contributed by atoms with E-state index < -0.39 is 0 Å². The summed E-state index contributed by atoms with van der Waals surface area (Å²) in [6.07, 6.45) is 1.24. The fourth-order valence-corrected chi connectivity index (χ4v) is 3.79. The lowest BCUT2D eigenvalue weighted by atomic mass is 9.92. The summed E-state index contributed by atoms with van der Waals surface area (Å²) < 4.78 is 0. The van der Waals surface area contributed by atoms with Gasteiger partial charge in [-0.2, -0.15) is 5.26 Å². The molecule has 5 heteroatoms. The highest BCUT2D eigenvalue weighted by Crippen LogP contribution is 2.27. The van der Waals surface area contributed by atoms with E-state index in [1.165, 1.54) is 18.2 Å². The molecule has 1 aromatic rings. The van der Waals surface area contributed by atoms with E-state index >= 15 is 0 Å². The first kappa shape index (κ1) is 16.9. The quantitative estimate of drug-likeness (QED) is 0.847. The van der Waals surface area contributed by atoms with Crippen molar-refractivity contribution in [3.05, 3.63) is 24.3 Å². The molecule has 1 aliphatic rings. The number of hydrogen-bond donors (Lipinski definition) is 1. The van der Waals surface area contributed by atoms with E-state index in [1.54, 1.807) is 0 Å². The number of hydrogen-bond acceptors (Lipinski definition) is 4. The van der Waals surface area contributed by atoms with Crippen LogP contribution in [-0.4, -0.2) is 36.2 Å². The van der Waals surface area contributed by atoms with E-state index in [1.807, 2.05) is 24.3 Å². The minimum atomic E-state index is 0.0197. The zero-order chi connectivity index (χ0) is 15.9. The Bertz CT molecular complexity index is 545. The Balaban J connectivity index is 1.93. The zero-order valence-corrected chi connectivity index (χ0v) is 14.0. The number of carbonyl (C=O) groups excluding carboxylic acids is 1. The number of nitrogens with zero attached hydrogens (tertiary/aromatic N) is 2. The summed E-state index contributed by atoms with van der Waals surface area (Å²) in [6, 6.07) is 9.76. The van der Waals surface area contributed by atoms with E-state index in [0.29, 0.717) is 24.1 Å². The summed E-state index contributed by atoms with van der Waals surface area (Å²) in [5, 5.41) is 11.7. The van der Waals surface area contributed by atoms with Gasteiger partial charge in [-0.1, -0.05) is 26.0 Å². The van der Waals surface area contributed by atoms with Gasteiger partial charge < -0.3 is 5.32 Å². The molecule has 1 aliphatic heterocycles. The van der Waals surface area contributed by atoms with Gasteiger partial charge in [-0.05, 0) is 30.4 Å². The van der Waals surface area contributed by atoms with Gasteiger partial charge in [0.1, 0.15) is 0 Å². The molecule has 1 saturated heterocycles. The standard InChI is InChI=1S/C17H23N3OS/c1-13-9-14(2)11-20(10-13)12-17(21)19-15-5-3-4-6-16(15)22-8-7-18/h3-6,13-14H,8-12H2,1-2H3,(H,19,21)/t13-,14-/m1/s1. The van der Waals surface area contributed by atoms with Crippen LogP contribution in [-0.2, 0) is 4.79 Å². The topological polar surface area (TPSA) is 56.1 Å². The van der Waals surface area contributed by atoms with Crippen molar-refractivity contribution < 1.29 is 4.79 Å². The first-order valence-electron chi connectivity index (χ1n) is 7.69. The SMILES string of the molecule is C[C@@H]1C[C@@H](C)CN(CC(=O)Nc2ccccc2SCC#N)C1. The molecule has 0 unspecified atom stereocenters. The predicted molar refractivity (Wildman–Crippen MR) is 90.8 cm³/mol. The zero-order valence-electron chi connectivity index (χ0n) is 13.2. The third-order valence-electron chi connectivity index (χ3n) is 3.77. The van der Waals surface area contributed by atoms with Gasteiger partial charge in [-0.3, -0.25) is 9.69 Å². The highest BCUT2D eigenvalue weighted by atomic mass is 32.2. The molecular formula is C17H23N3OS. The molecule has 0 aromatic heterocycles. The maximum atomic E-state index is 12.3. The number of anilines is 1. The van der Waals surface area contributed by atoms with Crippen molar-refractivity contribution in [3.8, 4) is 6.07 Å². The number of carbonyl (C=O) groups is 1. The van der Waals surface area contributed by atoms with Gasteiger partial charge in [0.2, 0.25) is 5.91 Å². The molecule has 2 rings (SSSR count). The van der Waals surface area contributed by atoms with Gasteiger partial charge in [-0.15, -0.1) is 11.8 Å². The molecule has 118 valence electrons. The lowest BCUT2D eigenvalue weighted by molar-refractivity contribution is -0.117. The Hall–Kier alpha value is -1.51. The van der Waals surface area contributed by atoms with Crippen LogP contribution in [0.2, 0.25) is 0 Å². The van der Waals surface area contributed by atoms with Crippen molar-refractivity contribution in [2.24, 2.45) is 11.8 Å². The minimum absolute atomic E-state index is 0.0197. The van der Waals surface area contributed by atoms with E-state index in [2.05, 4.69) is 30.1 Å². The van der Waals surface area contributed by atoms with Crippen molar-refractivity contribution in [2.75, 3.05) is 30.7 Å². The number of likely N-dealkylation sites (tertiary alicyclic amines) is 1. The fourth-order valence-electron chi connectivity index (χ4n) is 3.12. The Labute approximate surface area is 136 Å². The van der Waals surface area contributed by atoms with Crippen LogP contribution in [0.15, 0.2) is 29.2 Å². The molecule has 0 radical (unpaired) electrons. The van der Waals surface area contributed by atoms with Crippen LogP contribution in [0.3, 0.4) is 0 Å². The molecule has 1 heterocycles. The average molecular weight is 317 g/mol. The summed E-state index contributed by atoms with van der Waals surface area (Å²) in [4.78, 5) is 15.5. The summed E-state index contributed by atoms with van der Waals surface area (Å²) in [5.41, 5.74) is 0.797. The molecular weight excluding hydrogens is 294 g/mol. The number of para-hydroxylation sites is 1. The van der Waals surface area contributed by atoms with Crippen LogP contribution in [0, 0.1) is 23.2 Å². The van der Waals surface area contributed by atoms with Crippen LogP contribution in [0.5, 0.6) is 0 Å². The number of piperidine rings is 1. The summed E-state index contributed by atoms with van der Waals surface area (Å²) in [7, 11) is 0. The smallest absolute Gasteiger partial charge is 0.238 e. The lowest BCUT2D eigenvalue weighted by Crippen LogP contribution is -2.42. The first-order chi connectivity index (χ1) is 10.6. The molecule has 1 fully saturated rings. The number of rotatable bonds is 5. The van der Waals surface area contributed by atoms with Crippen LogP contribution >= 0.6 is 11.8 Å². The average Bonchev–Trinajstić information content (AvgIpc) is 2.45. The Morgan fingerprint density at radius 2 is 2.05 bits per heavy atom. The van der Waals surface area contributed by atoms with Crippen LogP contribution in [0.1, 0.15) is 20.3 Å². The second kappa shape index (κ2) is 8.21. The van der Waals surface area contributed by atoms with Gasteiger partial charge in [-0.25, -0.2) is 0 Å². The predicted octanol–water partition coefficient (Wildman–Crippen LogP) is 3.22. The summed E-state index contributed by atoms with van der Waals surface area (Å²) in [5.74, 6) is 1.70. The number of nitrogens with one attached hydrogen (secondary N) is 1. The number of amides is 1. The third-order valence-corrected chi connectivity index (χ3v) is 4.71. The van der Waals surface area contributed by atoms with E-state index in [-0.39, 0.29) is 5.91 Å². The van der Waals surface area contributed by atoms with Crippen LogP contribution < -0.4 is 5.32 Å². The summed E-state index contributed by atoms with van der Waals surface area (Å²) in [6.45, 7) is 6.90. The highest BCUT2D eigenvalue weighted by molar-refractivity contribution is 7.99.